The Kier molecular flexibility index (Phi) is 6.33. The lowest BCUT2D eigenvalue weighted by Crippen LogP contribution is -2.41. The summed E-state index contributed by atoms with van der Waals surface area (Å²) in [5, 5.41) is 3.54. The summed E-state index contributed by atoms with van der Waals surface area (Å²) in [7, 11) is 0. The van der Waals surface area contributed by atoms with Crippen molar-refractivity contribution in [3.63, 3.8) is 0 Å². The number of hydrogen-bond donors (Lipinski definition) is 1. The van der Waals surface area contributed by atoms with E-state index in [0.29, 0.717) is 12.1 Å². The largest absolute Gasteiger partial charge is 0.492 e. The first-order valence-electron chi connectivity index (χ1n) is 7.51. The summed E-state index contributed by atoms with van der Waals surface area (Å²) in [6, 6.07) is 9.28. The van der Waals surface area contributed by atoms with Gasteiger partial charge >= 0.3 is 0 Å². The molecule has 0 aliphatic carbocycles. The van der Waals surface area contributed by atoms with E-state index in [2.05, 4.69) is 40.0 Å². The Bertz CT molecular complexity index is 411. The van der Waals surface area contributed by atoms with Gasteiger partial charge in [-0.3, -0.25) is 4.90 Å². The lowest BCUT2D eigenvalue weighted by atomic mass is 10.2. The molecule has 1 aliphatic rings. The average Bonchev–Trinajstić information content (AvgIpc) is 2.84. The van der Waals surface area contributed by atoms with Crippen LogP contribution in [0, 0.1) is 0 Å². The van der Waals surface area contributed by atoms with Crippen molar-refractivity contribution >= 4 is 15.9 Å². The van der Waals surface area contributed by atoms with Crippen molar-refractivity contribution in [2.24, 2.45) is 0 Å². The molecular formula is C16H25BrN2O. The summed E-state index contributed by atoms with van der Waals surface area (Å²) in [6.45, 7) is 8.47. The Balaban J connectivity index is 1.72. The van der Waals surface area contributed by atoms with Crippen LogP contribution in [0.2, 0.25) is 0 Å². The predicted octanol–water partition coefficient (Wildman–Crippen LogP) is 3.29. The third-order valence-electron chi connectivity index (χ3n) is 3.70. The van der Waals surface area contributed by atoms with Crippen molar-refractivity contribution < 1.29 is 4.74 Å². The highest BCUT2D eigenvalue weighted by Crippen LogP contribution is 2.19. The molecule has 1 unspecified atom stereocenters. The standard InChI is InChI=1S/C16H25BrN2O/c1-13(2)18-12-15-6-4-8-19(15)9-10-20-16-7-3-5-14(17)11-16/h3,5,7,11,13,15,18H,4,6,8-10,12H2,1-2H3. The molecule has 0 radical (unpaired) electrons. The molecular weight excluding hydrogens is 316 g/mol. The maximum atomic E-state index is 5.83. The fourth-order valence-electron chi connectivity index (χ4n) is 2.63. The zero-order valence-electron chi connectivity index (χ0n) is 12.4. The molecule has 4 heteroatoms. The van der Waals surface area contributed by atoms with Gasteiger partial charge in [-0.05, 0) is 37.6 Å². The van der Waals surface area contributed by atoms with Crippen LogP contribution in [0.15, 0.2) is 28.7 Å². The Morgan fingerprint density at radius 3 is 3.05 bits per heavy atom. The van der Waals surface area contributed by atoms with Gasteiger partial charge in [0.1, 0.15) is 12.4 Å². The maximum absolute atomic E-state index is 5.83. The fraction of sp³-hybridized carbons (Fsp3) is 0.625. The van der Waals surface area contributed by atoms with Crippen LogP contribution in [0.1, 0.15) is 26.7 Å². The van der Waals surface area contributed by atoms with Crippen LogP contribution in [-0.2, 0) is 0 Å². The molecule has 1 heterocycles. The quantitative estimate of drug-likeness (QED) is 0.824. The molecule has 0 bridgehead atoms. The van der Waals surface area contributed by atoms with Crippen LogP contribution in [0.3, 0.4) is 0 Å². The molecule has 1 saturated heterocycles. The topological polar surface area (TPSA) is 24.5 Å². The molecule has 2 rings (SSSR count). The van der Waals surface area contributed by atoms with Crippen LogP contribution in [0.4, 0.5) is 0 Å². The molecule has 0 spiro atoms. The van der Waals surface area contributed by atoms with E-state index in [0.717, 1.165) is 29.9 Å². The van der Waals surface area contributed by atoms with Crippen LogP contribution in [0.5, 0.6) is 5.75 Å². The molecule has 1 N–H and O–H groups in total. The smallest absolute Gasteiger partial charge is 0.120 e. The minimum absolute atomic E-state index is 0.565. The first-order valence-corrected chi connectivity index (χ1v) is 8.30. The molecule has 112 valence electrons. The molecule has 1 aromatic carbocycles. The average molecular weight is 341 g/mol. The zero-order valence-corrected chi connectivity index (χ0v) is 14.0. The number of rotatable bonds is 7. The van der Waals surface area contributed by atoms with Gasteiger partial charge in [0.15, 0.2) is 0 Å². The predicted molar refractivity (Wildman–Crippen MR) is 87.4 cm³/mol. The number of hydrogen-bond acceptors (Lipinski definition) is 3. The Hall–Kier alpha value is -0.580. The number of nitrogens with zero attached hydrogens (tertiary/aromatic N) is 1. The van der Waals surface area contributed by atoms with E-state index in [9.17, 15) is 0 Å². The summed E-state index contributed by atoms with van der Waals surface area (Å²) >= 11 is 3.47. The van der Waals surface area contributed by atoms with E-state index in [4.69, 9.17) is 4.74 Å². The third kappa shape index (κ3) is 5.08. The van der Waals surface area contributed by atoms with E-state index in [-0.39, 0.29) is 0 Å². The molecule has 1 atom stereocenters. The summed E-state index contributed by atoms with van der Waals surface area (Å²) in [4.78, 5) is 2.55. The van der Waals surface area contributed by atoms with Crippen LogP contribution < -0.4 is 10.1 Å². The Morgan fingerprint density at radius 2 is 2.30 bits per heavy atom. The summed E-state index contributed by atoms with van der Waals surface area (Å²) in [5.74, 6) is 0.940. The van der Waals surface area contributed by atoms with Crippen LogP contribution in [-0.4, -0.2) is 43.2 Å². The van der Waals surface area contributed by atoms with Gasteiger partial charge in [-0.2, -0.15) is 0 Å². The van der Waals surface area contributed by atoms with Gasteiger partial charge in [0.2, 0.25) is 0 Å². The highest BCUT2D eigenvalue weighted by atomic mass is 79.9. The number of nitrogens with one attached hydrogen (secondary N) is 1. The Morgan fingerprint density at radius 1 is 1.45 bits per heavy atom. The van der Waals surface area contributed by atoms with Gasteiger partial charge in [-0.25, -0.2) is 0 Å². The zero-order chi connectivity index (χ0) is 14.4. The molecule has 1 aromatic rings. The van der Waals surface area contributed by atoms with E-state index >= 15 is 0 Å². The van der Waals surface area contributed by atoms with Crippen molar-refractivity contribution in [1.82, 2.24) is 10.2 Å². The summed E-state index contributed by atoms with van der Waals surface area (Å²) in [5.41, 5.74) is 0. The van der Waals surface area contributed by atoms with Gasteiger partial charge in [-0.15, -0.1) is 0 Å². The van der Waals surface area contributed by atoms with Crippen molar-refractivity contribution in [1.29, 1.82) is 0 Å². The van der Waals surface area contributed by atoms with Gasteiger partial charge in [0.05, 0.1) is 0 Å². The minimum atomic E-state index is 0.565. The highest BCUT2D eigenvalue weighted by Gasteiger charge is 2.23. The summed E-state index contributed by atoms with van der Waals surface area (Å²) in [6.07, 6.45) is 2.61. The number of likely N-dealkylation sites (tertiary alicyclic amines) is 1. The van der Waals surface area contributed by atoms with Gasteiger partial charge in [0, 0.05) is 29.6 Å². The molecule has 0 aromatic heterocycles. The molecule has 1 aliphatic heterocycles. The van der Waals surface area contributed by atoms with E-state index in [1.54, 1.807) is 0 Å². The maximum Gasteiger partial charge on any atom is 0.120 e. The second-order valence-corrected chi connectivity index (χ2v) is 6.62. The number of halogens is 1. The number of benzene rings is 1. The first kappa shape index (κ1) is 15.8. The monoisotopic (exact) mass is 340 g/mol. The van der Waals surface area contributed by atoms with Crippen LogP contribution in [0.25, 0.3) is 0 Å². The molecule has 0 saturated carbocycles. The van der Waals surface area contributed by atoms with Crippen molar-refractivity contribution in [3.05, 3.63) is 28.7 Å². The second-order valence-electron chi connectivity index (χ2n) is 5.70. The summed E-state index contributed by atoms with van der Waals surface area (Å²) < 4.78 is 6.90. The van der Waals surface area contributed by atoms with E-state index in [1.807, 2.05) is 24.3 Å². The lowest BCUT2D eigenvalue weighted by molar-refractivity contribution is 0.192. The van der Waals surface area contributed by atoms with Crippen molar-refractivity contribution in [3.8, 4) is 5.75 Å². The first-order chi connectivity index (χ1) is 9.65. The second kappa shape index (κ2) is 8.01. The number of ether oxygens (including phenoxy) is 1. The minimum Gasteiger partial charge on any atom is -0.492 e. The molecule has 0 amide bonds. The third-order valence-corrected chi connectivity index (χ3v) is 4.20. The Labute approximate surface area is 130 Å². The molecule has 3 nitrogen and oxygen atoms in total. The SMILES string of the molecule is CC(C)NCC1CCCN1CCOc1cccc(Br)c1. The van der Waals surface area contributed by atoms with Gasteiger partial charge in [-0.1, -0.05) is 35.8 Å². The fourth-order valence-corrected chi connectivity index (χ4v) is 3.01. The molecule has 20 heavy (non-hydrogen) atoms. The van der Waals surface area contributed by atoms with E-state index in [1.165, 1.54) is 19.4 Å². The highest BCUT2D eigenvalue weighted by molar-refractivity contribution is 9.10. The van der Waals surface area contributed by atoms with E-state index < -0.39 is 0 Å². The van der Waals surface area contributed by atoms with Gasteiger partial charge in [0.25, 0.3) is 0 Å². The van der Waals surface area contributed by atoms with Crippen molar-refractivity contribution in [2.45, 2.75) is 38.8 Å². The van der Waals surface area contributed by atoms with Crippen LogP contribution >= 0.6 is 15.9 Å². The normalized spacial score (nSPS) is 19.7. The molecule has 1 fully saturated rings. The van der Waals surface area contributed by atoms with Crippen molar-refractivity contribution in [2.75, 3.05) is 26.2 Å². The van der Waals surface area contributed by atoms with Gasteiger partial charge < -0.3 is 10.1 Å². The lowest BCUT2D eigenvalue weighted by Gasteiger charge is -2.25.